The summed E-state index contributed by atoms with van der Waals surface area (Å²) in [5.74, 6) is 0.237. The molecule has 142 valence electrons. The molecular formula is C20H23N3O3S. The first-order valence-electron chi connectivity index (χ1n) is 9.25. The Labute approximate surface area is 159 Å². The van der Waals surface area contributed by atoms with E-state index in [0.717, 1.165) is 36.9 Å². The zero-order valence-corrected chi connectivity index (χ0v) is 15.8. The third kappa shape index (κ3) is 3.70. The van der Waals surface area contributed by atoms with Crippen molar-refractivity contribution in [3.05, 3.63) is 53.6 Å². The number of nitrogen functional groups attached to an aromatic ring is 1. The molecule has 2 aromatic rings. The Hall–Kier alpha value is -2.38. The van der Waals surface area contributed by atoms with Gasteiger partial charge in [-0.05, 0) is 67.5 Å². The number of hydrogen-bond donors (Lipinski definition) is 2. The van der Waals surface area contributed by atoms with Gasteiger partial charge in [0.05, 0.1) is 4.90 Å². The molecule has 0 atom stereocenters. The van der Waals surface area contributed by atoms with Crippen LogP contribution in [0.3, 0.4) is 0 Å². The second-order valence-corrected chi connectivity index (χ2v) is 9.00. The van der Waals surface area contributed by atoms with Crippen molar-refractivity contribution in [3.63, 3.8) is 0 Å². The zero-order chi connectivity index (χ0) is 19.0. The number of carbonyl (C=O) groups excluding carboxylic acids is 1. The van der Waals surface area contributed by atoms with E-state index in [0.29, 0.717) is 30.3 Å². The average Bonchev–Trinajstić information content (AvgIpc) is 3.51. The molecule has 27 heavy (non-hydrogen) atoms. The van der Waals surface area contributed by atoms with Crippen molar-refractivity contribution in [1.82, 2.24) is 4.72 Å². The van der Waals surface area contributed by atoms with Gasteiger partial charge in [0, 0.05) is 30.0 Å². The highest BCUT2D eigenvalue weighted by Crippen LogP contribution is 2.32. The maximum atomic E-state index is 13.1. The number of benzene rings is 2. The topological polar surface area (TPSA) is 92.5 Å². The van der Waals surface area contributed by atoms with Crippen molar-refractivity contribution >= 4 is 27.3 Å². The number of nitrogens with zero attached hydrogens (tertiary/aromatic N) is 1. The predicted octanol–water partition coefficient (Wildman–Crippen LogP) is 2.55. The van der Waals surface area contributed by atoms with Gasteiger partial charge < -0.3 is 10.6 Å². The van der Waals surface area contributed by atoms with E-state index in [1.165, 1.54) is 12.1 Å². The molecule has 7 heteroatoms. The lowest BCUT2D eigenvalue weighted by Crippen LogP contribution is -2.36. The monoisotopic (exact) mass is 385 g/mol. The quantitative estimate of drug-likeness (QED) is 0.774. The molecule has 0 unspecified atom stereocenters. The lowest BCUT2D eigenvalue weighted by atomic mass is 9.99. The summed E-state index contributed by atoms with van der Waals surface area (Å²) in [5, 5.41) is 0. The van der Waals surface area contributed by atoms with Crippen LogP contribution in [0, 0.1) is 5.92 Å². The maximum Gasteiger partial charge on any atom is 0.258 e. The van der Waals surface area contributed by atoms with E-state index in [2.05, 4.69) is 4.72 Å². The van der Waals surface area contributed by atoms with Crippen molar-refractivity contribution in [2.75, 3.05) is 23.7 Å². The second-order valence-electron chi connectivity index (χ2n) is 7.23. The number of nitrogens with two attached hydrogens (primary N) is 1. The molecule has 1 heterocycles. The largest absolute Gasteiger partial charge is 0.398 e. The van der Waals surface area contributed by atoms with E-state index in [-0.39, 0.29) is 10.8 Å². The summed E-state index contributed by atoms with van der Waals surface area (Å²) in [4.78, 5) is 14.9. The first-order valence-corrected chi connectivity index (χ1v) is 10.7. The number of rotatable bonds is 5. The molecule has 0 spiro atoms. The van der Waals surface area contributed by atoms with Crippen LogP contribution in [0.4, 0.5) is 11.4 Å². The van der Waals surface area contributed by atoms with Gasteiger partial charge in [-0.25, -0.2) is 13.1 Å². The first kappa shape index (κ1) is 18.0. The fraction of sp³-hybridized carbons (Fsp3) is 0.350. The van der Waals surface area contributed by atoms with E-state index in [4.69, 9.17) is 5.73 Å². The summed E-state index contributed by atoms with van der Waals surface area (Å²) in [6.07, 6.45) is 3.80. The molecule has 2 aromatic carbocycles. The molecule has 1 aliphatic heterocycles. The van der Waals surface area contributed by atoms with Crippen LogP contribution in [0.15, 0.2) is 47.4 Å². The van der Waals surface area contributed by atoms with E-state index < -0.39 is 10.0 Å². The van der Waals surface area contributed by atoms with Crippen LogP contribution in [0.5, 0.6) is 0 Å². The van der Waals surface area contributed by atoms with Gasteiger partial charge in [-0.2, -0.15) is 0 Å². The molecule has 1 amide bonds. The highest BCUT2D eigenvalue weighted by molar-refractivity contribution is 7.89. The SMILES string of the molecule is Nc1cccc2c1CCCN2C(=O)c1cccc(S(=O)(=O)NCC2CC2)c1. The Morgan fingerprint density at radius 2 is 1.96 bits per heavy atom. The number of fused-ring (bicyclic) bond motifs is 1. The van der Waals surface area contributed by atoms with Gasteiger partial charge in [0.1, 0.15) is 0 Å². The minimum atomic E-state index is -3.61. The molecule has 0 radical (unpaired) electrons. The molecule has 0 saturated heterocycles. The van der Waals surface area contributed by atoms with Crippen molar-refractivity contribution in [2.45, 2.75) is 30.6 Å². The van der Waals surface area contributed by atoms with Crippen LogP contribution in [-0.4, -0.2) is 27.4 Å². The Morgan fingerprint density at radius 3 is 2.74 bits per heavy atom. The molecule has 6 nitrogen and oxygen atoms in total. The van der Waals surface area contributed by atoms with Gasteiger partial charge in [-0.3, -0.25) is 4.79 Å². The molecule has 4 rings (SSSR count). The van der Waals surface area contributed by atoms with E-state index >= 15 is 0 Å². The molecular weight excluding hydrogens is 362 g/mol. The molecule has 1 aliphatic carbocycles. The molecule has 0 bridgehead atoms. The smallest absolute Gasteiger partial charge is 0.258 e. The first-order chi connectivity index (χ1) is 13.0. The van der Waals surface area contributed by atoms with E-state index in [9.17, 15) is 13.2 Å². The average molecular weight is 385 g/mol. The highest BCUT2D eigenvalue weighted by atomic mass is 32.2. The van der Waals surface area contributed by atoms with Gasteiger partial charge in [0.15, 0.2) is 0 Å². The van der Waals surface area contributed by atoms with Crippen LogP contribution in [0.2, 0.25) is 0 Å². The number of amides is 1. The van der Waals surface area contributed by atoms with Gasteiger partial charge in [-0.15, -0.1) is 0 Å². The third-order valence-corrected chi connectivity index (χ3v) is 6.60. The molecule has 2 aliphatic rings. The number of carbonyl (C=O) groups is 1. The minimum absolute atomic E-state index is 0.124. The summed E-state index contributed by atoms with van der Waals surface area (Å²) < 4.78 is 27.6. The standard InChI is InChI=1S/C20H23N3O3S/c21-18-7-2-8-19-17(18)6-3-11-23(19)20(24)15-4-1-5-16(12-15)27(25,26)22-13-14-9-10-14/h1-2,4-5,7-8,12,14,22H,3,6,9-11,13,21H2. The summed E-state index contributed by atoms with van der Waals surface area (Å²) in [6.45, 7) is 1.05. The van der Waals surface area contributed by atoms with E-state index in [1.54, 1.807) is 17.0 Å². The van der Waals surface area contributed by atoms with Crippen molar-refractivity contribution < 1.29 is 13.2 Å². The number of nitrogens with one attached hydrogen (secondary N) is 1. The predicted molar refractivity (Wildman–Crippen MR) is 105 cm³/mol. The zero-order valence-electron chi connectivity index (χ0n) is 15.0. The number of hydrogen-bond acceptors (Lipinski definition) is 4. The Morgan fingerprint density at radius 1 is 1.19 bits per heavy atom. The van der Waals surface area contributed by atoms with Crippen LogP contribution >= 0.6 is 0 Å². The Balaban J connectivity index is 1.61. The summed E-state index contributed by atoms with van der Waals surface area (Å²) in [5.41, 5.74) is 8.90. The van der Waals surface area contributed by atoms with E-state index in [1.807, 2.05) is 18.2 Å². The third-order valence-electron chi connectivity index (χ3n) is 5.18. The van der Waals surface area contributed by atoms with Gasteiger partial charge in [0.2, 0.25) is 10.0 Å². The maximum absolute atomic E-state index is 13.1. The molecule has 1 saturated carbocycles. The Kier molecular flexibility index (Phi) is 4.65. The molecule has 3 N–H and O–H groups in total. The number of anilines is 2. The van der Waals surface area contributed by atoms with Crippen molar-refractivity contribution in [1.29, 1.82) is 0 Å². The highest BCUT2D eigenvalue weighted by Gasteiger charge is 2.27. The number of sulfonamides is 1. The van der Waals surface area contributed by atoms with Gasteiger partial charge in [0.25, 0.3) is 5.91 Å². The molecule has 0 aromatic heterocycles. The normalized spacial score (nSPS) is 16.8. The van der Waals surface area contributed by atoms with Crippen molar-refractivity contribution in [2.24, 2.45) is 5.92 Å². The van der Waals surface area contributed by atoms with Crippen molar-refractivity contribution in [3.8, 4) is 0 Å². The minimum Gasteiger partial charge on any atom is -0.398 e. The fourth-order valence-electron chi connectivity index (χ4n) is 3.45. The van der Waals surface area contributed by atoms with Gasteiger partial charge in [-0.1, -0.05) is 12.1 Å². The summed E-state index contributed by atoms with van der Waals surface area (Å²) in [6, 6.07) is 11.8. The fourth-order valence-corrected chi connectivity index (χ4v) is 4.61. The van der Waals surface area contributed by atoms with Crippen LogP contribution in [0.25, 0.3) is 0 Å². The lowest BCUT2D eigenvalue weighted by Gasteiger charge is -2.30. The summed E-state index contributed by atoms with van der Waals surface area (Å²) in [7, 11) is -3.61. The van der Waals surface area contributed by atoms with Crippen LogP contribution < -0.4 is 15.4 Å². The van der Waals surface area contributed by atoms with Crippen LogP contribution in [-0.2, 0) is 16.4 Å². The second kappa shape index (κ2) is 6.98. The Bertz CT molecular complexity index is 984. The van der Waals surface area contributed by atoms with Crippen LogP contribution in [0.1, 0.15) is 35.2 Å². The molecule has 1 fully saturated rings. The van der Waals surface area contributed by atoms with Gasteiger partial charge >= 0.3 is 0 Å². The lowest BCUT2D eigenvalue weighted by molar-refractivity contribution is 0.0985. The summed E-state index contributed by atoms with van der Waals surface area (Å²) >= 11 is 0.